The molecule has 1 atom stereocenters. The number of fused-ring (bicyclic) bond motifs is 1. The van der Waals surface area contributed by atoms with Crippen LogP contribution in [0.4, 0.5) is 0 Å². The van der Waals surface area contributed by atoms with Crippen LogP contribution in [0, 0.1) is 5.92 Å². The number of carboxylic acids is 1. The Balaban J connectivity index is 2.37. The summed E-state index contributed by atoms with van der Waals surface area (Å²) in [5.41, 5.74) is 0.780. The zero-order chi connectivity index (χ0) is 12.6. The molecule has 1 N–H and O–H groups in total. The highest BCUT2D eigenvalue weighted by Gasteiger charge is 2.37. The maximum Gasteiger partial charge on any atom is 0.331 e. The Morgan fingerprint density at radius 2 is 2.24 bits per heavy atom. The van der Waals surface area contributed by atoms with Crippen LogP contribution in [0.15, 0.2) is 11.4 Å². The van der Waals surface area contributed by atoms with Crippen LogP contribution in [0.1, 0.15) is 30.3 Å². The van der Waals surface area contributed by atoms with Gasteiger partial charge >= 0.3 is 5.97 Å². The fraction of sp³-hybridized carbons (Fsp3) is 0.500. The number of amides is 1. The first-order valence-electron chi connectivity index (χ1n) is 5.62. The molecule has 0 saturated heterocycles. The lowest BCUT2D eigenvalue weighted by molar-refractivity contribution is -0.152. The molecule has 1 aliphatic rings. The van der Waals surface area contributed by atoms with Gasteiger partial charge in [-0.2, -0.15) is 0 Å². The van der Waals surface area contributed by atoms with Crippen molar-refractivity contribution in [2.45, 2.75) is 26.3 Å². The van der Waals surface area contributed by atoms with Crippen LogP contribution in [0.25, 0.3) is 0 Å². The molecule has 17 heavy (non-hydrogen) atoms. The van der Waals surface area contributed by atoms with Gasteiger partial charge in [-0.3, -0.25) is 4.79 Å². The van der Waals surface area contributed by atoms with Crippen molar-refractivity contribution in [2.24, 2.45) is 5.92 Å². The minimum atomic E-state index is -0.946. The van der Waals surface area contributed by atoms with Crippen LogP contribution < -0.4 is 0 Å². The van der Waals surface area contributed by atoms with Crippen molar-refractivity contribution in [1.82, 2.24) is 4.90 Å². The van der Waals surface area contributed by atoms with E-state index in [-0.39, 0.29) is 11.8 Å². The first-order valence-corrected chi connectivity index (χ1v) is 6.50. The van der Waals surface area contributed by atoms with Crippen LogP contribution in [-0.4, -0.2) is 28.4 Å². The molecule has 4 nitrogen and oxygen atoms in total. The molecule has 2 heterocycles. The normalized spacial score (nSPS) is 19.2. The van der Waals surface area contributed by atoms with Gasteiger partial charge < -0.3 is 10.0 Å². The van der Waals surface area contributed by atoms with Gasteiger partial charge in [0.05, 0.1) is 0 Å². The molecule has 92 valence electrons. The highest BCUT2D eigenvalue weighted by Crippen LogP contribution is 2.34. The molecular weight excluding hydrogens is 238 g/mol. The van der Waals surface area contributed by atoms with Gasteiger partial charge in [0.1, 0.15) is 0 Å². The molecule has 0 bridgehead atoms. The van der Waals surface area contributed by atoms with Crippen LogP contribution >= 0.6 is 11.3 Å². The Bertz CT molecular complexity index is 452. The number of thiophene rings is 1. The fourth-order valence-corrected chi connectivity index (χ4v) is 3.06. The molecule has 1 amide bonds. The predicted octanol–water partition coefficient (Wildman–Crippen LogP) is 1.91. The Hall–Kier alpha value is -1.36. The Morgan fingerprint density at radius 3 is 2.82 bits per heavy atom. The Labute approximate surface area is 104 Å². The summed E-state index contributed by atoms with van der Waals surface area (Å²) in [5, 5.41) is 11.2. The standard InChI is InChI=1S/C12H15NO3S/c1-7(2)11(14)13-5-3-9-8(4-6-17-9)10(13)12(15)16/h4,6-7,10H,3,5H2,1-2H3,(H,15,16). The van der Waals surface area contributed by atoms with E-state index in [4.69, 9.17) is 0 Å². The second kappa shape index (κ2) is 4.49. The van der Waals surface area contributed by atoms with Gasteiger partial charge in [-0.1, -0.05) is 13.8 Å². The Morgan fingerprint density at radius 1 is 1.53 bits per heavy atom. The second-order valence-corrected chi connectivity index (χ2v) is 5.48. The molecule has 0 aliphatic carbocycles. The minimum Gasteiger partial charge on any atom is -0.479 e. The molecule has 5 heteroatoms. The summed E-state index contributed by atoms with van der Waals surface area (Å²) in [7, 11) is 0. The van der Waals surface area contributed by atoms with E-state index < -0.39 is 12.0 Å². The number of hydrogen-bond donors (Lipinski definition) is 1. The van der Waals surface area contributed by atoms with Crippen LogP contribution in [0.3, 0.4) is 0 Å². The van der Waals surface area contributed by atoms with Crippen molar-refractivity contribution in [1.29, 1.82) is 0 Å². The van der Waals surface area contributed by atoms with Crippen molar-refractivity contribution in [3.63, 3.8) is 0 Å². The van der Waals surface area contributed by atoms with E-state index in [1.54, 1.807) is 25.2 Å². The van der Waals surface area contributed by atoms with E-state index in [2.05, 4.69) is 0 Å². The van der Waals surface area contributed by atoms with Gasteiger partial charge in [0.25, 0.3) is 0 Å². The summed E-state index contributed by atoms with van der Waals surface area (Å²) < 4.78 is 0. The van der Waals surface area contributed by atoms with E-state index in [0.717, 1.165) is 16.9 Å². The van der Waals surface area contributed by atoms with Crippen molar-refractivity contribution in [3.8, 4) is 0 Å². The van der Waals surface area contributed by atoms with Crippen LogP contribution in [-0.2, 0) is 16.0 Å². The summed E-state index contributed by atoms with van der Waals surface area (Å²) in [6.07, 6.45) is 0.759. The summed E-state index contributed by atoms with van der Waals surface area (Å²) in [6, 6.07) is 1.01. The first-order chi connectivity index (χ1) is 8.02. The lowest BCUT2D eigenvalue weighted by Gasteiger charge is -2.34. The van der Waals surface area contributed by atoms with Crippen molar-refractivity contribution in [2.75, 3.05) is 6.54 Å². The number of hydrogen-bond acceptors (Lipinski definition) is 3. The van der Waals surface area contributed by atoms with Crippen molar-refractivity contribution >= 4 is 23.2 Å². The summed E-state index contributed by atoms with van der Waals surface area (Å²) in [6.45, 7) is 4.09. The van der Waals surface area contributed by atoms with Gasteiger partial charge in [0.15, 0.2) is 6.04 Å². The molecule has 1 unspecified atom stereocenters. The molecule has 0 radical (unpaired) electrons. The third kappa shape index (κ3) is 2.07. The number of carbonyl (C=O) groups excluding carboxylic acids is 1. The van der Waals surface area contributed by atoms with E-state index >= 15 is 0 Å². The monoisotopic (exact) mass is 253 g/mol. The second-order valence-electron chi connectivity index (χ2n) is 4.48. The first kappa shape index (κ1) is 12.1. The topological polar surface area (TPSA) is 57.6 Å². The van der Waals surface area contributed by atoms with Gasteiger partial charge in [0.2, 0.25) is 5.91 Å². The summed E-state index contributed by atoms with van der Waals surface area (Å²) >= 11 is 1.57. The molecule has 1 aliphatic heterocycles. The zero-order valence-electron chi connectivity index (χ0n) is 9.84. The van der Waals surface area contributed by atoms with E-state index in [9.17, 15) is 14.7 Å². The van der Waals surface area contributed by atoms with Crippen LogP contribution in [0.5, 0.6) is 0 Å². The van der Waals surface area contributed by atoms with Gasteiger partial charge in [-0.05, 0) is 23.4 Å². The maximum atomic E-state index is 12.0. The summed E-state index contributed by atoms with van der Waals surface area (Å²) in [4.78, 5) is 25.9. The minimum absolute atomic E-state index is 0.0887. The smallest absolute Gasteiger partial charge is 0.331 e. The highest BCUT2D eigenvalue weighted by molar-refractivity contribution is 7.10. The third-order valence-electron chi connectivity index (χ3n) is 2.98. The number of carboxylic acid groups (broad SMARTS) is 1. The number of nitrogens with zero attached hydrogens (tertiary/aromatic N) is 1. The predicted molar refractivity (Wildman–Crippen MR) is 65.0 cm³/mol. The molecule has 0 aromatic carbocycles. The molecule has 1 aromatic heterocycles. The van der Waals surface area contributed by atoms with Gasteiger partial charge in [-0.15, -0.1) is 11.3 Å². The average molecular weight is 253 g/mol. The SMILES string of the molecule is CC(C)C(=O)N1CCc2sccc2C1C(=O)O. The van der Waals surface area contributed by atoms with Gasteiger partial charge in [0, 0.05) is 17.3 Å². The van der Waals surface area contributed by atoms with E-state index in [1.165, 1.54) is 4.90 Å². The quantitative estimate of drug-likeness (QED) is 0.876. The Kier molecular flexibility index (Phi) is 3.19. The van der Waals surface area contributed by atoms with Gasteiger partial charge in [-0.25, -0.2) is 4.79 Å². The van der Waals surface area contributed by atoms with Crippen molar-refractivity contribution < 1.29 is 14.7 Å². The molecule has 0 saturated carbocycles. The zero-order valence-corrected chi connectivity index (χ0v) is 10.7. The molecule has 1 aromatic rings. The summed E-state index contributed by atoms with van der Waals surface area (Å²) in [5.74, 6) is -1.20. The number of carbonyl (C=O) groups is 2. The van der Waals surface area contributed by atoms with E-state index in [1.807, 2.05) is 11.4 Å². The van der Waals surface area contributed by atoms with E-state index in [0.29, 0.717) is 6.54 Å². The molecular formula is C12H15NO3S. The fourth-order valence-electron chi connectivity index (χ4n) is 2.15. The maximum absolute atomic E-state index is 12.0. The lowest BCUT2D eigenvalue weighted by atomic mass is 9.98. The average Bonchev–Trinajstić information content (AvgIpc) is 2.73. The molecule has 2 rings (SSSR count). The highest BCUT2D eigenvalue weighted by atomic mass is 32.1. The van der Waals surface area contributed by atoms with Crippen molar-refractivity contribution in [3.05, 3.63) is 21.9 Å². The lowest BCUT2D eigenvalue weighted by Crippen LogP contribution is -2.44. The third-order valence-corrected chi connectivity index (χ3v) is 3.97. The number of aliphatic carboxylic acids is 1. The largest absolute Gasteiger partial charge is 0.479 e. The molecule has 0 fully saturated rings. The van der Waals surface area contributed by atoms with Crippen LogP contribution in [0.2, 0.25) is 0 Å². The number of rotatable bonds is 2. The molecule has 0 spiro atoms.